The number of amides is 1. The van der Waals surface area contributed by atoms with E-state index >= 15 is 0 Å². The van der Waals surface area contributed by atoms with E-state index in [1.54, 1.807) is 0 Å². The minimum absolute atomic E-state index is 0.0565. The minimum atomic E-state index is -4.85. The van der Waals surface area contributed by atoms with Crippen LogP contribution < -0.4 is 16.2 Å². The summed E-state index contributed by atoms with van der Waals surface area (Å²) in [7, 11) is 1.97. The van der Waals surface area contributed by atoms with Gasteiger partial charge in [0.1, 0.15) is 5.82 Å². The summed E-state index contributed by atoms with van der Waals surface area (Å²) >= 11 is 0. The highest BCUT2D eigenvalue weighted by atomic mass is 19.4. The first kappa shape index (κ1) is 27.5. The number of nitrogens with one attached hydrogen (secondary N) is 2. The first-order chi connectivity index (χ1) is 18.3. The smallest absolute Gasteiger partial charge is 0.381 e. The number of benzene rings is 1. The van der Waals surface area contributed by atoms with Gasteiger partial charge < -0.3 is 20.3 Å². The summed E-state index contributed by atoms with van der Waals surface area (Å²) < 4.78 is 89.3. The van der Waals surface area contributed by atoms with Gasteiger partial charge in [0.05, 0.1) is 29.5 Å². The van der Waals surface area contributed by atoms with E-state index < -0.39 is 60.1 Å². The fourth-order valence-corrected chi connectivity index (χ4v) is 5.83. The van der Waals surface area contributed by atoms with Gasteiger partial charge >= 0.3 is 6.18 Å². The summed E-state index contributed by atoms with van der Waals surface area (Å²) in [6.45, 7) is 1.96. The number of likely N-dealkylation sites (tertiary alicyclic amines) is 1. The Labute approximate surface area is 220 Å². The van der Waals surface area contributed by atoms with Crippen molar-refractivity contribution in [2.24, 2.45) is 11.8 Å². The molecule has 0 bridgehead atoms. The molecule has 2 aromatic rings. The zero-order valence-corrected chi connectivity index (χ0v) is 21.2. The number of carbonyl (C=O) groups excluding carboxylic acids is 1. The highest BCUT2D eigenvalue weighted by Gasteiger charge is 2.59. The van der Waals surface area contributed by atoms with E-state index in [1.807, 2.05) is 7.05 Å². The van der Waals surface area contributed by atoms with E-state index in [-0.39, 0.29) is 41.3 Å². The van der Waals surface area contributed by atoms with Crippen molar-refractivity contribution in [1.29, 1.82) is 0 Å². The average Bonchev–Trinajstić information content (AvgIpc) is 3.21. The third-order valence-corrected chi connectivity index (χ3v) is 8.09. The summed E-state index contributed by atoms with van der Waals surface area (Å²) in [4.78, 5) is 28.6. The number of rotatable bonds is 7. The summed E-state index contributed by atoms with van der Waals surface area (Å²) in [5.74, 6) is -1.54. The number of hydrogen-bond donors (Lipinski definition) is 2. The van der Waals surface area contributed by atoms with Gasteiger partial charge in [0, 0.05) is 50.0 Å². The van der Waals surface area contributed by atoms with Crippen molar-refractivity contribution >= 4 is 11.6 Å². The number of piperidine rings is 1. The molecule has 1 aromatic heterocycles. The van der Waals surface area contributed by atoms with Gasteiger partial charge in [-0.2, -0.15) is 13.2 Å². The molecule has 5 atom stereocenters. The number of halogens is 6. The van der Waals surface area contributed by atoms with E-state index in [2.05, 4.69) is 15.5 Å². The van der Waals surface area contributed by atoms with Crippen LogP contribution in [0.4, 0.5) is 32.0 Å². The third-order valence-electron chi connectivity index (χ3n) is 8.09. The fourth-order valence-electron chi connectivity index (χ4n) is 5.83. The lowest BCUT2D eigenvalue weighted by Gasteiger charge is -2.33. The first-order valence-corrected chi connectivity index (χ1v) is 12.6. The van der Waals surface area contributed by atoms with Gasteiger partial charge in [-0.15, -0.1) is 0 Å². The average molecular weight is 559 g/mol. The molecule has 1 aliphatic carbocycles. The summed E-state index contributed by atoms with van der Waals surface area (Å²) in [6, 6.07) is 3.20. The van der Waals surface area contributed by atoms with Gasteiger partial charge in [0.2, 0.25) is 0 Å². The molecule has 2 aliphatic heterocycles. The molecule has 1 aromatic carbocycles. The molecule has 3 aliphatic rings. The zero-order valence-electron chi connectivity index (χ0n) is 21.2. The molecule has 3 heterocycles. The van der Waals surface area contributed by atoms with Crippen molar-refractivity contribution in [2.75, 3.05) is 38.7 Å². The molecule has 13 heteroatoms. The van der Waals surface area contributed by atoms with Crippen LogP contribution in [0, 0.1) is 17.7 Å². The molecule has 0 unspecified atom stereocenters. The van der Waals surface area contributed by atoms with Crippen LogP contribution in [0.1, 0.15) is 47.3 Å². The number of ether oxygens (including phenoxy) is 1. The molecule has 2 N–H and O–H groups in total. The number of anilines is 1. The SMILES string of the molecule is C[C@@H](NC(=O)c1cn([C@]2(C(F)(F)F)CCOC2)c(=O)cc1N[C@@H]1[C@@H]2CN(C)C[C@@H]21)c1cccc(C(F)F)c1F. The van der Waals surface area contributed by atoms with Crippen molar-refractivity contribution in [1.82, 2.24) is 14.8 Å². The Bertz CT molecular complexity index is 1310. The Morgan fingerprint density at radius 2 is 1.85 bits per heavy atom. The van der Waals surface area contributed by atoms with Crippen molar-refractivity contribution in [3.8, 4) is 0 Å². The Morgan fingerprint density at radius 1 is 1.18 bits per heavy atom. The molecular formula is C26H28F6N4O3. The maximum absolute atomic E-state index is 14.7. The largest absolute Gasteiger partial charge is 0.414 e. The van der Waals surface area contributed by atoms with Gasteiger partial charge in [-0.25, -0.2) is 13.2 Å². The van der Waals surface area contributed by atoms with Crippen molar-refractivity contribution in [3.63, 3.8) is 0 Å². The Balaban J connectivity index is 1.51. The summed E-state index contributed by atoms with van der Waals surface area (Å²) in [6.07, 6.45) is -7.56. The molecule has 1 saturated carbocycles. The maximum Gasteiger partial charge on any atom is 0.414 e. The van der Waals surface area contributed by atoms with E-state index in [0.717, 1.165) is 31.4 Å². The van der Waals surface area contributed by atoms with Gasteiger partial charge in [-0.3, -0.25) is 14.2 Å². The summed E-state index contributed by atoms with van der Waals surface area (Å²) in [5, 5.41) is 5.66. The highest BCUT2D eigenvalue weighted by Crippen LogP contribution is 2.47. The highest BCUT2D eigenvalue weighted by molar-refractivity contribution is 5.99. The predicted molar refractivity (Wildman–Crippen MR) is 129 cm³/mol. The second kappa shape index (κ2) is 9.84. The summed E-state index contributed by atoms with van der Waals surface area (Å²) in [5.41, 5.74) is -4.84. The van der Waals surface area contributed by atoms with Gasteiger partial charge in [-0.1, -0.05) is 18.2 Å². The van der Waals surface area contributed by atoms with Gasteiger partial charge in [0.15, 0.2) is 5.54 Å². The maximum atomic E-state index is 14.7. The molecule has 1 amide bonds. The molecule has 0 radical (unpaired) electrons. The quantitative estimate of drug-likeness (QED) is 0.502. The number of hydrogen-bond acceptors (Lipinski definition) is 5. The number of carbonyl (C=O) groups is 1. The van der Waals surface area contributed by atoms with Gasteiger partial charge in [0.25, 0.3) is 17.9 Å². The number of aromatic nitrogens is 1. The molecule has 2 saturated heterocycles. The van der Waals surface area contributed by atoms with E-state index in [0.29, 0.717) is 4.57 Å². The second-order valence-corrected chi connectivity index (χ2v) is 10.6. The molecule has 0 spiro atoms. The topological polar surface area (TPSA) is 75.6 Å². The van der Waals surface area contributed by atoms with Crippen LogP contribution in [-0.2, 0) is 10.3 Å². The lowest BCUT2D eigenvalue weighted by atomic mass is 9.96. The van der Waals surface area contributed by atoms with E-state index in [9.17, 15) is 35.9 Å². The first-order valence-electron chi connectivity index (χ1n) is 12.6. The zero-order chi connectivity index (χ0) is 28.3. The second-order valence-electron chi connectivity index (χ2n) is 10.6. The van der Waals surface area contributed by atoms with Crippen LogP contribution in [0.2, 0.25) is 0 Å². The number of nitrogens with zero attached hydrogens (tertiary/aromatic N) is 2. The minimum Gasteiger partial charge on any atom is -0.381 e. The van der Waals surface area contributed by atoms with E-state index in [1.165, 1.54) is 19.1 Å². The van der Waals surface area contributed by atoms with E-state index in [4.69, 9.17) is 4.74 Å². The van der Waals surface area contributed by atoms with Crippen LogP contribution in [0.25, 0.3) is 0 Å². The molecule has 39 heavy (non-hydrogen) atoms. The van der Waals surface area contributed by atoms with Crippen molar-refractivity contribution in [2.45, 2.75) is 43.6 Å². The van der Waals surface area contributed by atoms with Crippen LogP contribution >= 0.6 is 0 Å². The van der Waals surface area contributed by atoms with Gasteiger partial charge in [-0.05, 0) is 25.8 Å². The number of fused-ring (bicyclic) bond motifs is 1. The monoisotopic (exact) mass is 558 g/mol. The van der Waals surface area contributed by atoms with Crippen LogP contribution in [0.5, 0.6) is 0 Å². The predicted octanol–water partition coefficient (Wildman–Crippen LogP) is 4.07. The van der Waals surface area contributed by atoms with Crippen LogP contribution in [0.3, 0.4) is 0 Å². The Kier molecular flexibility index (Phi) is 6.94. The Morgan fingerprint density at radius 3 is 2.44 bits per heavy atom. The normalized spacial score (nSPS) is 27.5. The molecular weight excluding hydrogens is 530 g/mol. The number of pyridine rings is 1. The number of alkyl halides is 5. The fraction of sp³-hybridized carbons (Fsp3) is 0.538. The molecule has 3 fully saturated rings. The van der Waals surface area contributed by atoms with Crippen LogP contribution in [0.15, 0.2) is 35.3 Å². The molecule has 7 nitrogen and oxygen atoms in total. The molecule has 5 rings (SSSR count). The van der Waals surface area contributed by atoms with Crippen LogP contribution in [-0.4, -0.2) is 60.9 Å². The third kappa shape index (κ3) is 4.79. The van der Waals surface area contributed by atoms with Crippen molar-refractivity contribution in [3.05, 3.63) is 63.3 Å². The standard InChI is InChI=1S/C26H28F6N4O3/c1-13(14-4-3-5-15(21(14)27)23(28)29)33-24(38)18-11-36(25(26(30,31)32)6-7-39-12-25)20(37)8-19(18)34-22-16-9-35(2)10-17(16)22/h3-5,8,11,13,16-17,22-23,34H,6-7,9-10,12H2,1-2H3,(H,33,38)/t13-,16-,17+,22-,25-/m1/s1. The lowest BCUT2D eigenvalue weighted by Crippen LogP contribution is -2.52. The Hall–Kier alpha value is -3.06. The molecule has 212 valence electrons. The van der Waals surface area contributed by atoms with Crippen molar-refractivity contribution < 1.29 is 35.9 Å². The lowest BCUT2D eigenvalue weighted by molar-refractivity contribution is -0.214.